The highest BCUT2D eigenvalue weighted by atomic mass is 16.8. The summed E-state index contributed by atoms with van der Waals surface area (Å²) in [5.74, 6) is -0.703. The van der Waals surface area contributed by atoms with E-state index in [1.54, 1.807) is 38.1 Å². The summed E-state index contributed by atoms with van der Waals surface area (Å²) in [5.41, 5.74) is 5.00. The summed E-state index contributed by atoms with van der Waals surface area (Å²) in [6.45, 7) is 10.1. The number of rotatable bonds is 12. The molecule has 14 heteroatoms. The maximum Gasteiger partial charge on any atom is 0.508 e. The number of ether oxygens (including phenoxy) is 6. The van der Waals surface area contributed by atoms with Crippen LogP contribution in [0.3, 0.4) is 0 Å². The number of nitrogens with zero attached hydrogens (tertiary/aromatic N) is 4. The lowest BCUT2D eigenvalue weighted by molar-refractivity contribution is -0.0711. The summed E-state index contributed by atoms with van der Waals surface area (Å²) in [5, 5.41) is 14.9. The summed E-state index contributed by atoms with van der Waals surface area (Å²) >= 11 is 0. The summed E-state index contributed by atoms with van der Waals surface area (Å²) in [7, 11) is 0. The third kappa shape index (κ3) is 7.24. The molecule has 1 aliphatic rings. The van der Waals surface area contributed by atoms with Gasteiger partial charge in [-0.25, -0.2) is 23.9 Å². The Balaban J connectivity index is 2.06. The van der Waals surface area contributed by atoms with Crippen LogP contribution in [0, 0.1) is 17.2 Å². The molecule has 2 N–H and O–H groups in total. The van der Waals surface area contributed by atoms with E-state index in [1.165, 1.54) is 10.8 Å². The Morgan fingerprint density at radius 1 is 1.12 bits per heavy atom. The first kappa shape index (κ1) is 30.7. The summed E-state index contributed by atoms with van der Waals surface area (Å²) < 4.78 is 33.3. The molecule has 0 saturated heterocycles. The van der Waals surface area contributed by atoms with Gasteiger partial charge in [-0.3, -0.25) is 0 Å². The highest BCUT2D eigenvalue weighted by Crippen LogP contribution is 2.48. The minimum Gasteiger partial charge on any atom is -0.434 e. The van der Waals surface area contributed by atoms with Gasteiger partial charge in [-0.1, -0.05) is 12.2 Å². The number of aromatic nitrogens is 3. The van der Waals surface area contributed by atoms with Crippen LogP contribution in [0.25, 0.3) is 5.52 Å². The van der Waals surface area contributed by atoms with Crippen LogP contribution in [0.1, 0.15) is 38.8 Å². The first-order chi connectivity index (χ1) is 19.7. The van der Waals surface area contributed by atoms with Gasteiger partial charge in [0.25, 0.3) is 0 Å². The summed E-state index contributed by atoms with van der Waals surface area (Å²) in [6.07, 6.45) is -1.43. The van der Waals surface area contributed by atoms with E-state index in [4.69, 9.17) is 34.2 Å². The van der Waals surface area contributed by atoms with Crippen LogP contribution >= 0.6 is 0 Å². The van der Waals surface area contributed by atoms with Crippen LogP contribution in [0.2, 0.25) is 0 Å². The smallest absolute Gasteiger partial charge is 0.434 e. The van der Waals surface area contributed by atoms with E-state index in [1.807, 2.05) is 0 Å². The SMILES string of the molecule is C=CCCOC(=O)O[C@@H]1[C@@H](COC(=O)OC(C)C)C[C@@](C#N)(c2ccc3c(N)ncnn23)[C@@H]1OC(=O)OCCC=C. The van der Waals surface area contributed by atoms with E-state index in [0.29, 0.717) is 18.4 Å². The number of fused-ring (bicyclic) bond motifs is 1. The molecule has 14 nitrogen and oxygen atoms in total. The number of hydrogen-bond acceptors (Lipinski definition) is 13. The molecular formula is C27H33N5O9. The van der Waals surface area contributed by atoms with Crippen LogP contribution in [0.4, 0.5) is 20.2 Å². The van der Waals surface area contributed by atoms with E-state index in [-0.39, 0.29) is 37.8 Å². The minimum atomic E-state index is -1.67. The number of carbonyl (C=O) groups excluding carboxylic acids is 3. The van der Waals surface area contributed by atoms with Crippen molar-refractivity contribution in [3.63, 3.8) is 0 Å². The van der Waals surface area contributed by atoms with Gasteiger partial charge in [0.1, 0.15) is 23.9 Å². The monoisotopic (exact) mass is 571 g/mol. The third-order valence-electron chi connectivity index (χ3n) is 6.26. The van der Waals surface area contributed by atoms with Gasteiger partial charge in [0.2, 0.25) is 0 Å². The lowest BCUT2D eigenvalue weighted by Crippen LogP contribution is -2.45. The molecule has 0 amide bonds. The predicted molar refractivity (Wildman–Crippen MR) is 142 cm³/mol. The fourth-order valence-electron chi connectivity index (χ4n) is 4.50. The maximum absolute atomic E-state index is 12.8. The van der Waals surface area contributed by atoms with Crippen molar-refractivity contribution in [1.82, 2.24) is 14.6 Å². The molecule has 41 heavy (non-hydrogen) atoms. The van der Waals surface area contributed by atoms with Crippen molar-refractivity contribution in [2.75, 3.05) is 25.6 Å². The molecule has 0 aromatic carbocycles. The largest absolute Gasteiger partial charge is 0.508 e. The molecule has 1 aliphatic carbocycles. The molecule has 4 atom stereocenters. The molecular weight excluding hydrogens is 538 g/mol. The van der Waals surface area contributed by atoms with Crippen LogP contribution < -0.4 is 5.73 Å². The molecule has 3 rings (SSSR count). The summed E-state index contributed by atoms with van der Waals surface area (Å²) in [6, 6.07) is 5.42. The third-order valence-corrected chi connectivity index (χ3v) is 6.26. The van der Waals surface area contributed by atoms with Gasteiger partial charge in [-0.2, -0.15) is 10.4 Å². The van der Waals surface area contributed by atoms with E-state index < -0.39 is 48.1 Å². The van der Waals surface area contributed by atoms with Crippen molar-refractivity contribution in [2.45, 2.75) is 56.8 Å². The van der Waals surface area contributed by atoms with Crippen LogP contribution in [0.15, 0.2) is 43.8 Å². The van der Waals surface area contributed by atoms with Crippen molar-refractivity contribution < 1.29 is 42.8 Å². The lowest BCUT2D eigenvalue weighted by Gasteiger charge is -2.30. The van der Waals surface area contributed by atoms with Crippen molar-refractivity contribution in [3.8, 4) is 6.07 Å². The van der Waals surface area contributed by atoms with Crippen molar-refractivity contribution in [1.29, 1.82) is 5.26 Å². The van der Waals surface area contributed by atoms with Crippen LogP contribution in [-0.2, 0) is 33.8 Å². The molecule has 0 radical (unpaired) electrons. The Bertz CT molecular complexity index is 1300. The first-order valence-electron chi connectivity index (χ1n) is 12.9. The number of nitrogen functional groups attached to an aromatic ring is 1. The Morgan fingerprint density at radius 3 is 2.39 bits per heavy atom. The number of nitriles is 1. The molecule has 2 heterocycles. The predicted octanol–water partition coefficient (Wildman–Crippen LogP) is 3.85. The molecule has 220 valence electrons. The van der Waals surface area contributed by atoms with Gasteiger partial charge in [-0.15, -0.1) is 13.2 Å². The second-order valence-corrected chi connectivity index (χ2v) is 9.41. The van der Waals surface area contributed by atoms with Crippen LogP contribution in [-0.4, -0.2) is 71.2 Å². The number of hydrogen-bond donors (Lipinski definition) is 1. The van der Waals surface area contributed by atoms with E-state index in [0.717, 1.165) is 0 Å². The highest BCUT2D eigenvalue weighted by molar-refractivity contribution is 5.67. The fourth-order valence-corrected chi connectivity index (χ4v) is 4.50. The Kier molecular flexibility index (Phi) is 10.5. The maximum atomic E-state index is 12.8. The molecule has 0 spiro atoms. The van der Waals surface area contributed by atoms with E-state index in [9.17, 15) is 19.6 Å². The Labute approximate surface area is 236 Å². The Morgan fingerprint density at radius 2 is 1.78 bits per heavy atom. The molecule has 1 saturated carbocycles. The average molecular weight is 572 g/mol. The Hall–Kier alpha value is -4.80. The second-order valence-electron chi connectivity index (χ2n) is 9.41. The lowest BCUT2D eigenvalue weighted by atomic mass is 9.81. The molecule has 0 unspecified atom stereocenters. The zero-order valence-electron chi connectivity index (χ0n) is 22.9. The fraction of sp³-hybridized carbons (Fsp3) is 0.481. The normalized spacial score (nSPS) is 21.5. The van der Waals surface area contributed by atoms with E-state index >= 15 is 0 Å². The van der Waals surface area contributed by atoms with Gasteiger partial charge in [0.15, 0.2) is 18.0 Å². The van der Waals surface area contributed by atoms with Crippen molar-refractivity contribution in [3.05, 3.63) is 49.5 Å². The van der Waals surface area contributed by atoms with Gasteiger partial charge in [-0.05, 0) is 45.2 Å². The second kappa shape index (κ2) is 14.0. The number of carbonyl (C=O) groups is 3. The van der Waals surface area contributed by atoms with Gasteiger partial charge in [0.05, 0.1) is 31.1 Å². The van der Waals surface area contributed by atoms with Gasteiger partial charge >= 0.3 is 18.5 Å². The van der Waals surface area contributed by atoms with Gasteiger partial charge < -0.3 is 34.2 Å². The van der Waals surface area contributed by atoms with E-state index in [2.05, 4.69) is 29.3 Å². The average Bonchev–Trinajstić information content (AvgIpc) is 3.48. The number of anilines is 1. The quantitative estimate of drug-likeness (QED) is 0.168. The van der Waals surface area contributed by atoms with Crippen molar-refractivity contribution >= 4 is 29.8 Å². The molecule has 1 fully saturated rings. The van der Waals surface area contributed by atoms with Crippen LogP contribution in [0.5, 0.6) is 0 Å². The zero-order valence-corrected chi connectivity index (χ0v) is 22.9. The molecule has 2 aromatic rings. The minimum absolute atomic E-state index is 0.0189. The standard InChI is InChI=1S/C27H33N5O9/c1-5-7-11-36-24(33)40-21-18(14-38-26(35)39-17(3)4)13-27(15-28,22(21)41-25(34)37-12-8-6-2)20-10-9-19-23(29)30-16-31-32(19)20/h5-6,9-10,16-18,21-22H,1-2,7-8,11-14H2,3-4H3,(H2,29,30,31)/t18-,21-,22-,27-/m1/s1. The number of nitrogens with two attached hydrogens (primary N) is 1. The first-order valence-corrected chi connectivity index (χ1v) is 12.9. The van der Waals surface area contributed by atoms with Gasteiger partial charge in [0, 0.05) is 5.92 Å². The molecule has 0 bridgehead atoms. The highest BCUT2D eigenvalue weighted by Gasteiger charge is 2.61. The van der Waals surface area contributed by atoms with Crippen molar-refractivity contribution in [2.24, 2.45) is 5.92 Å². The summed E-state index contributed by atoms with van der Waals surface area (Å²) in [4.78, 5) is 41.6. The molecule has 2 aromatic heterocycles. The molecule has 0 aliphatic heterocycles. The zero-order chi connectivity index (χ0) is 30.0. The topological polar surface area (TPSA) is 187 Å².